The molecular formula is C26H30N2O. The van der Waals surface area contributed by atoms with Gasteiger partial charge in [0, 0.05) is 41.6 Å². The third-order valence-corrected chi connectivity index (χ3v) is 5.79. The second-order valence-electron chi connectivity index (χ2n) is 9.00. The van der Waals surface area contributed by atoms with Gasteiger partial charge < -0.3 is 4.74 Å². The van der Waals surface area contributed by atoms with Crippen molar-refractivity contribution < 1.29 is 4.74 Å². The highest BCUT2D eigenvalue weighted by Crippen LogP contribution is 2.34. The fourth-order valence-corrected chi connectivity index (χ4v) is 4.38. The van der Waals surface area contributed by atoms with Crippen molar-refractivity contribution in [1.29, 1.82) is 0 Å². The Morgan fingerprint density at radius 2 is 1.86 bits per heavy atom. The maximum absolute atomic E-state index is 6.63. The Morgan fingerprint density at radius 1 is 1.10 bits per heavy atom. The minimum Gasteiger partial charge on any atom is -0.488 e. The van der Waals surface area contributed by atoms with Crippen LogP contribution in [0.2, 0.25) is 0 Å². The van der Waals surface area contributed by atoms with Crippen molar-refractivity contribution in [3.63, 3.8) is 0 Å². The van der Waals surface area contributed by atoms with E-state index in [1.54, 1.807) is 0 Å². The van der Waals surface area contributed by atoms with Crippen LogP contribution in [0.15, 0.2) is 61.2 Å². The van der Waals surface area contributed by atoms with Crippen LogP contribution in [0.3, 0.4) is 0 Å². The molecule has 0 unspecified atom stereocenters. The number of hydrogen-bond donors (Lipinski definition) is 0. The lowest BCUT2D eigenvalue weighted by molar-refractivity contribution is 0.115. The van der Waals surface area contributed by atoms with Crippen LogP contribution in [0, 0.1) is 0 Å². The second-order valence-corrected chi connectivity index (χ2v) is 9.00. The first kappa shape index (κ1) is 19.7. The lowest BCUT2D eigenvalue weighted by Crippen LogP contribution is -2.44. The number of ether oxygens (including phenoxy) is 1. The van der Waals surface area contributed by atoms with Gasteiger partial charge in [-0.05, 0) is 45.4 Å². The molecule has 3 aromatic rings. The molecule has 0 aliphatic carbocycles. The number of hydrogen-bond acceptors (Lipinski definition) is 3. The minimum atomic E-state index is 0.142. The Kier molecular flexibility index (Phi) is 5.18. The number of nitrogens with zero attached hydrogens (tertiary/aromatic N) is 2. The topological polar surface area (TPSA) is 25.4 Å². The molecular weight excluding hydrogens is 356 g/mol. The largest absolute Gasteiger partial charge is 0.488 e. The van der Waals surface area contributed by atoms with Crippen LogP contribution in [0.4, 0.5) is 0 Å². The van der Waals surface area contributed by atoms with E-state index in [-0.39, 0.29) is 11.6 Å². The Morgan fingerprint density at radius 3 is 2.52 bits per heavy atom. The first-order valence-electron chi connectivity index (χ1n) is 10.4. The van der Waals surface area contributed by atoms with Crippen molar-refractivity contribution in [1.82, 2.24) is 9.88 Å². The lowest BCUT2D eigenvalue weighted by Gasteiger charge is -2.35. The third kappa shape index (κ3) is 4.06. The highest BCUT2D eigenvalue weighted by atomic mass is 16.5. The molecule has 0 amide bonds. The molecule has 0 spiro atoms. The number of pyridine rings is 1. The van der Waals surface area contributed by atoms with Crippen molar-refractivity contribution in [2.75, 3.05) is 6.54 Å². The predicted octanol–water partition coefficient (Wildman–Crippen LogP) is 6.18. The molecule has 1 aliphatic rings. The first-order chi connectivity index (χ1) is 13.8. The van der Waals surface area contributed by atoms with Gasteiger partial charge in [0.25, 0.3) is 0 Å². The summed E-state index contributed by atoms with van der Waals surface area (Å²) in [5.74, 6) is 0.908. The molecule has 0 radical (unpaired) electrons. The normalized spacial score (nSPS) is 20.1. The fourth-order valence-electron chi connectivity index (χ4n) is 4.38. The Labute approximate surface area is 174 Å². The molecule has 2 heterocycles. The summed E-state index contributed by atoms with van der Waals surface area (Å²) < 4.78 is 6.63. The molecule has 29 heavy (non-hydrogen) atoms. The standard InChI is InChI=1S/C26H30N2O/c1-6-19-12-13-23-22(15-19)25(16-24(27-23)20-10-8-7-9-11-20)29-21-14-18(2)28(17-21)26(3,4)5/h6-13,15-16,18,21H,1,14,17H2,2-5H3/t18-,21+/m0/s1. The average Bonchev–Trinajstić information content (AvgIpc) is 3.09. The van der Waals surface area contributed by atoms with E-state index in [0.29, 0.717) is 6.04 Å². The van der Waals surface area contributed by atoms with Crippen LogP contribution < -0.4 is 4.74 Å². The van der Waals surface area contributed by atoms with Gasteiger partial charge in [-0.15, -0.1) is 0 Å². The Hall–Kier alpha value is -2.65. The first-order valence-corrected chi connectivity index (χ1v) is 10.4. The van der Waals surface area contributed by atoms with Gasteiger partial charge in [0.1, 0.15) is 11.9 Å². The second kappa shape index (κ2) is 7.64. The number of aromatic nitrogens is 1. The van der Waals surface area contributed by atoms with Gasteiger partial charge in [-0.1, -0.05) is 49.1 Å². The van der Waals surface area contributed by atoms with E-state index in [2.05, 4.69) is 75.6 Å². The van der Waals surface area contributed by atoms with Gasteiger partial charge in [-0.3, -0.25) is 4.90 Å². The van der Waals surface area contributed by atoms with E-state index in [1.807, 2.05) is 24.3 Å². The summed E-state index contributed by atoms with van der Waals surface area (Å²) in [4.78, 5) is 7.44. The Balaban J connectivity index is 1.74. The van der Waals surface area contributed by atoms with Crippen LogP contribution >= 0.6 is 0 Å². The minimum absolute atomic E-state index is 0.142. The van der Waals surface area contributed by atoms with Crippen LogP contribution in [-0.2, 0) is 0 Å². The summed E-state index contributed by atoms with van der Waals surface area (Å²) in [6.45, 7) is 14.0. The summed E-state index contributed by atoms with van der Waals surface area (Å²) >= 11 is 0. The molecule has 0 bridgehead atoms. The van der Waals surface area contributed by atoms with Gasteiger partial charge in [0.2, 0.25) is 0 Å². The summed E-state index contributed by atoms with van der Waals surface area (Å²) in [7, 11) is 0. The van der Waals surface area contributed by atoms with E-state index in [1.165, 1.54) is 0 Å². The molecule has 2 aromatic carbocycles. The van der Waals surface area contributed by atoms with Crippen molar-refractivity contribution >= 4 is 17.0 Å². The highest BCUT2D eigenvalue weighted by molar-refractivity contribution is 5.89. The summed E-state index contributed by atoms with van der Waals surface area (Å²) in [6.07, 6.45) is 3.07. The summed E-state index contributed by atoms with van der Waals surface area (Å²) in [6, 6.07) is 19.1. The van der Waals surface area contributed by atoms with Crippen LogP contribution in [0.25, 0.3) is 28.2 Å². The van der Waals surface area contributed by atoms with E-state index >= 15 is 0 Å². The van der Waals surface area contributed by atoms with Gasteiger partial charge in [0.15, 0.2) is 0 Å². The third-order valence-electron chi connectivity index (χ3n) is 5.79. The average molecular weight is 387 g/mol. The van der Waals surface area contributed by atoms with Gasteiger partial charge in [-0.25, -0.2) is 4.98 Å². The summed E-state index contributed by atoms with van der Waals surface area (Å²) in [5, 5.41) is 1.05. The molecule has 1 fully saturated rings. The SMILES string of the molecule is C=Cc1ccc2nc(-c3ccccc3)cc(O[C@@H]3C[C@H](C)N(C(C)(C)C)C3)c2c1. The summed E-state index contributed by atoms with van der Waals surface area (Å²) in [5.41, 5.74) is 4.21. The maximum atomic E-state index is 6.63. The van der Waals surface area contributed by atoms with Crippen molar-refractivity contribution in [3.05, 3.63) is 66.7 Å². The number of benzene rings is 2. The zero-order valence-corrected chi connectivity index (χ0v) is 17.9. The van der Waals surface area contributed by atoms with E-state index in [4.69, 9.17) is 9.72 Å². The van der Waals surface area contributed by atoms with Crippen LogP contribution in [-0.4, -0.2) is 34.1 Å². The van der Waals surface area contributed by atoms with Gasteiger partial charge in [-0.2, -0.15) is 0 Å². The lowest BCUT2D eigenvalue weighted by atomic mass is 10.1. The molecule has 3 heteroatoms. The molecule has 0 N–H and O–H groups in total. The van der Waals surface area contributed by atoms with Crippen molar-refractivity contribution in [2.24, 2.45) is 0 Å². The van der Waals surface area contributed by atoms with E-state index in [9.17, 15) is 0 Å². The molecule has 1 aliphatic heterocycles. The molecule has 1 saturated heterocycles. The van der Waals surface area contributed by atoms with Crippen molar-refractivity contribution in [3.8, 4) is 17.0 Å². The number of rotatable bonds is 4. The number of likely N-dealkylation sites (tertiary alicyclic amines) is 1. The van der Waals surface area contributed by atoms with Crippen molar-refractivity contribution in [2.45, 2.75) is 51.8 Å². The van der Waals surface area contributed by atoms with Crippen LogP contribution in [0.5, 0.6) is 5.75 Å². The van der Waals surface area contributed by atoms with Crippen LogP contribution in [0.1, 0.15) is 39.7 Å². The predicted molar refractivity (Wildman–Crippen MR) is 122 cm³/mol. The van der Waals surface area contributed by atoms with E-state index in [0.717, 1.165) is 46.4 Å². The quantitative estimate of drug-likeness (QED) is 0.535. The highest BCUT2D eigenvalue weighted by Gasteiger charge is 2.37. The smallest absolute Gasteiger partial charge is 0.131 e. The monoisotopic (exact) mass is 386 g/mol. The zero-order chi connectivity index (χ0) is 20.6. The van der Waals surface area contributed by atoms with Gasteiger partial charge >= 0.3 is 0 Å². The molecule has 2 atom stereocenters. The maximum Gasteiger partial charge on any atom is 0.131 e. The number of fused-ring (bicyclic) bond motifs is 1. The molecule has 1 aromatic heterocycles. The Bertz CT molecular complexity index is 1020. The fraction of sp³-hybridized carbons (Fsp3) is 0.346. The molecule has 150 valence electrons. The van der Waals surface area contributed by atoms with E-state index < -0.39 is 0 Å². The zero-order valence-electron chi connectivity index (χ0n) is 17.9. The van der Waals surface area contributed by atoms with Gasteiger partial charge in [0.05, 0.1) is 11.2 Å². The molecule has 3 nitrogen and oxygen atoms in total. The molecule has 0 saturated carbocycles. The molecule has 4 rings (SSSR count).